The molecule has 4 nitrogen and oxygen atoms in total. The van der Waals surface area contributed by atoms with E-state index in [0.29, 0.717) is 6.04 Å². The van der Waals surface area contributed by atoms with Gasteiger partial charge >= 0.3 is 0 Å². The Morgan fingerprint density at radius 1 is 1.30 bits per heavy atom. The Balaban J connectivity index is 1.47. The average molecular weight is 276 g/mol. The van der Waals surface area contributed by atoms with Crippen molar-refractivity contribution in [3.8, 4) is 0 Å². The molecular formula is C16H28N4. The highest BCUT2D eigenvalue weighted by Crippen LogP contribution is 2.28. The molecule has 1 unspecified atom stereocenters. The summed E-state index contributed by atoms with van der Waals surface area (Å²) in [4.78, 5) is 2.61. The Labute approximate surface area is 122 Å². The lowest BCUT2D eigenvalue weighted by molar-refractivity contribution is 0.190. The van der Waals surface area contributed by atoms with Crippen molar-refractivity contribution in [1.82, 2.24) is 20.0 Å². The number of hydrogen-bond acceptors (Lipinski definition) is 3. The zero-order valence-corrected chi connectivity index (χ0v) is 12.9. The van der Waals surface area contributed by atoms with Gasteiger partial charge in [-0.15, -0.1) is 0 Å². The Hall–Kier alpha value is -0.870. The average Bonchev–Trinajstić information content (AvgIpc) is 2.84. The second-order valence-corrected chi connectivity index (χ2v) is 6.59. The molecule has 20 heavy (non-hydrogen) atoms. The molecule has 0 saturated carbocycles. The van der Waals surface area contributed by atoms with Crippen molar-refractivity contribution >= 4 is 0 Å². The molecule has 1 aromatic heterocycles. The van der Waals surface area contributed by atoms with Crippen LogP contribution in [0.5, 0.6) is 0 Å². The van der Waals surface area contributed by atoms with Crippen molar-refractivity contribution < 1.29 is 0 Å². The standard InChI is InChI=1S/C16H28N4/c1-13-6-9-20(10-7-13)11-8-17-15-4-3-5-16-14(15)12-18-19(16)2/h12-13,15,17H,3-11H2,1-2H3. The van der Waals surface area contributed by atoms with Gasteiger partial charge < -0.3 is 10.2 Å². The third-order valence-corrected chi connectivity index (χ3v) is 5.07. The van der Waals surface area contributed by atoms with Gasteiger partial charge in [0.25, 0.3) is 0 Å². The summed E-state index contributed by atoms with van der Waals surface area (Å²) in [6, 6.07) is 0.524. The predicted octanol–water partition coefficient (Wildman–Crippen LogP) is 2.12. The normalized spacial score (nSPS) is 24.8. The van der Waals surface area contributed by atoms with Gasteiger partial charge in [0.05, 0.1) is 6.20 Å². The van der Waals surface area contributed by atoms with Gasteiger partial charge in [0.1, 0.15) is 0 Å². The molecule has 1 aliphatic carbocycles. The van der Waals surface area contributed by atoms with Crippen LogP contribution in [0.15, 0.2) is 6.20 Å². The van der Waals surface area contributed by atoms with E-state index < -0.39 is 0 Å². The van der Waals surface area contributed by atoms with E-state index in [1.54, 1.807) is 0 Å². The van der Waals surface area contributed by atoms with E-state index in [0.717, 1.165) is 12.5 Å². The van der Waals surface area contributed by atoms with E-state index in [9.17, 15) is 0 Å². The highest BCUT2D eigenvalue weighted by Gasteiger charge is 2.23. The monoisotopic (exact) mass is 276 g/mol. The van der Waals surface area contributed by atoms with Crippen molar-refractivity contribution in [2.45, 2.75) is 45.1 Å². The van der Waals surface area contributed by atoms with Gasteiger partial charge in [-0.3, -0.25) is 4.68 Å². The van der Waals surface area contributed by atoms with Gasteiger partial charge in [0, 0.05) is 37.4 Å². The molecule has 112 valence electrons. The third-order valence-electron chi connectivity index (χ3n) is 5.07. The van der Waals surface area contributed by atoms with E-state index in [-0.39, 0.29) is 0 Å². The smallest absolute Gasteiger partial charge is 0.0540 e. The molecule has 1 fully saturated rings. The predicted molar refractivity (Wildman–Crippen MR) is 81.7 cm³/mol. The number of aromatic nitrogens is 2. The molecule has 0 aromatic carbocycles. The van der Waals surface area contributed by atoms with E-state index in [1.807, 2.05) is 0 Å². The van der Waals surface area contributed by atoms with Crippen LogP contribution in [-0.2, 0) is 13.5 Å². The molecule has 4 heteroatoms. The maximum Gasteiger partial charge on any atom is 0.0540 e. The van der Waals surface area contributed by atoms with Gasteiger partial charge in [-0.25, -0.2) is 0 Å². The SMILES string of the molecule is CC1CCN(CCNC2CCCc3c2cnn3C)CC1. The van der Waals surface area contributed by atoms with Crippen LogP contribution in [0.3, 0.4) is 0 Å². The van der Waals surface area contributed by atoms with Crippen molar-refractivity contribution in [2.75, 3.05) is 26.2 Å². The molecule has 1 aromatic rings. The van der Waals surface area contributed by atoms with Crippen LogP contribution in [0.25, 0.3) is 0 Å². The summed E-state index contributed by atoms with van der Waals surface area (Å²) in [5.41, 5.74) is 2.87. The second-order valence-electron chi connectivity index (χ2n) is 6.59. The van der Waals surface area contributed by atoms with Crippen LogP contribution < -0.4 is 5.32 Å². The van der Waals surface area contributed by atoms with Crippen LogP contribution in [0, 0.1) is 5.92 Å². The van der Waals surface area contributed by atoms with E-state index in [1.165, 1.54) is 63.0 Å². The Morgan fingerprint density at radius 2 is 2.10 bits per heavy atom. The van der Waals surface area contributed by atoms with Gasteiger partial charge in [-0.1, -0.05) is 6.92 Å². The fourth-order valence-corrected chi connectivity index (χ4v) is 3.60. The molecule has 0 radical (unpaired) electrons. The lowest BCUT2D eigenvalue weighted by atomic mass is 9.93. The van der Waals surface area contributed by atoms with Crippen LogP contribution >= 0.6 is 0 Å². The van der Waals surface area contributed by atoms with Crippen molar-refractivity contribution in [1.29, 1.82) is 0 Å². The lowest BCUT2D eigenvalue weighted by Crippen LogP contribution is -2.39. The number of piperidine rings is 1. The van der Waals surface area contributed by atoms with Crippen LogP contribution in [0.1, 0.15) is 49.9 Å². The third kappa shape index (κ3) is 3.07. The topological polar surface area (TPSA) is 33.1 Å². The number of nitrogens with one attached hydrogen (secondary N) is 1. The maximum atomic E-state index is 4.42. The zero-order valence-electron chi connectivity index (χ0n) is 12.9. The Morgan fingerprint density at radius 3 is 2.90 bits per heavy atom. The molecule has 3 rings (SSSR count). The number of rotatable bonds is 4. The molecule has 0 bridgehead atoms. The van der Waals surface area contributed by atoms with Gasteiger partial charge in [-0.2, -0.15) is 5.10 Å². The number of fused-ring (bicyclic) bond motifs is 1. The first kappa shape index (κ1) is 14.1. The first-order valence-corrected chi connectivity index (χ1v) is 8.20. The fourth-order valence-electron chi connectivity index (χ4n) is 3.60. The summed E-state index contributed by atoms with van der Waals surface area (Å²) in [6.07, 6.45) is 8.54. The number of nitrogens with zero attached hydrogens (tertiary/aromatic N) is 3. The highest BCUT2D eigenvalue weighted by molar-refractivity contribution is 5.24. The summed E-state index contributed by atoms with van der Waals surface area (Å²) in [5, 5.41) is 8.18. The van der Waals surface area contributed by atoms with Gasteiger partial charge in [0.2, 0.25) is 0 Å². The summed E-state index contributed by atoms with van der Waals surface area (Å²) >= 11 is 0. The second kappa shape index (κ2) is 6.27. The molecule has 1 N–H and O–H groups in total. The Kier molecular flexibility index (Phi) is 4.41. The molecule has 1 saturated heterocycles. The van der Waals surface area contributed by atoms with E-state index in [4.69, 9.17) is 0 Å². The molecule has 2 aliphatic rings. The molecule has 1 aliphatic heterocycles. The largest absolute Gasteiger partial charge is 0.309 e. The van der Waals surface area contributed by atoms with E-state index in [2.05, 4.69) is 40.2 Å². The highest BCUT2D eigenvalue weighted by atomic mass is 15.3. The number of hydrogen-bond donors (Lipinski definition) is 1. The van der Waals surface area contributed by atoms with Gasteiger partial charge in [0.15, 0.2) is 0 Å². The van der Waals surface area contributed by atoms with Crippen LogP contribution in [-0.4, -0.2) is 40.9 Å². The van der Waals surface area contributed by atoms with Crippen molar-refractivity contribution in [3.63, 3.8) is 0 Å². The molecule has 0 amide bonds. The van der Waals surface area contributed by atoms with Gasteiger partial charge in [-0.05, 0) is 51.1 Å². The van der Waals surface area contributed by atoms with Crippen molar-refractivity contribution in [3.05, 3.63) is 17.5 Å². The summed E-state index contributed by atoms with van der Waals surface area (Å²) in [7, 11) is 2.07. The minimum atomic E-state index is 0.524. The summed E-state index contributed by atoms with van der Waals surface area (Å²) in [6.45, 7) is 7.24. The number of aryl methyl sites for hydroxylation is 1. The lowest BCUT2D eigenvalue weighted by Gasteiger charge is -2.31. The number of likely N-dealkylation sites (tertiary alicyclic amines) is 1. The summed E-state index contributed by atoms with van der Waals surface area (Å²) < 4.78 is 2.05. The zero-order chi connectivity index (χ0) is 13.9. The maximum absolute atomic E-state index is 4.42. The fraction of sp³-hybridized carbons (Fsp3) is 0.812. The van der Waals surface area contributed by atoms with Crippen molar-refractivity contribution in [2.24, 2.45) is 13.0 Å². The Bertz CT molecular complexity index is 432. The minimum Gasteiger partial charge on any atom is -0.309 e. The quantitative estimate of drug-likeness (QED) is 0.914. The van der Waals surface area contributed by atoms with Crippen LogP contribution in [0.4, 0.5) is 0 Å². The van der Waals surface area contributed by atoms with Crippen LogP contribution in [0.2, 0.25) is 0 Å². The minimum absolute atomic E-state index is 0.524. The molecular weight excluding hydrogens is 248 g/mol. The summed E-state index contributed by atoms with van der Waals surface area (Å²) in [5.74, 6) is 0.926. The first-order valence-electron chi connectivity index (χ1n) is 8.20. The molecule has 1 atom stereocenters. The first-order chi connectivity index (χ1) is 9.74. The molecule has 2 heterocycles. The van der Waals surface area contributed by atoms with E-state index >= 15 is 0 Å². The molecule has 0 spiro atoms.